The molecule has 0 saturated heterocycles. The van der Waals surface area contributed by atoms with Gasteiger partial charge in [0.05, 0.1) is 11.4 Å². The lowest BCUT2D eigenvalue weighted by Gasteiger charge is -2.14. The van der Waals surface area contributed by atoms with Gasteiger partial charge in [-0.15, -0.1) is 0 Å². The second kappa shape index (κ2) is 5.34. The predicted octanol–water partition coefficient (Wildman–Crippen LogP) is 4.42. The summed E-state index contributed by atoms with van der Waals surface area (Å²) in [5.41, 5.74) is 10.5. The van der Waals surface area contributed by atoms with Crippen molar-refractivity contribution in [2.75, 3.05) is 5.73 Å². The van der Waals surface area contributed by atoms with Gasteiger partial charge in [-0.2, -0.15) is 5.10 Å². The zero-order chi connectivity index (χ0) is 15.7. The summed E-state index contributed by atoms with van der Waals surface area (Å²) in [5.74, 6) is 0.662. The van der Waals surface area contributed by atoms with E-state index in [0.29, 0.717) is 5.82 Å². The number of nitrogens with zero attached hydrogens (tertiary/aromatic N) is 2. The largest absolute Gasteiger partial charge is 0.384 e. The van der Waals surface area contributed by atoms with E-state index in [1.54, 1.807) is 0 Å². The lowest BCUT2D eigenvalue weighted by molar-refractivity contribution is 0.560. The Labute approximate surface area is 131 Å². The van der Waals surface area contributed by atoms with Crippen molar-refractivity contribution in [1.29, 1.82) is 0 Å². The van der Waals surface area contributed by atoms with Crippen LogP contribution < -0.4 is 5.73 Å². The van der Waals surface area contributed by atoms with Gasteiger partial charge in [0.1, 0.15) is 5.82 Å². The van der Waals surface area contributed by atoms with E-state index in [-0.39, 0.29) is 5.41 Å². The average molecular weight is 291 g/mol. The van der Waals surface area contributed by atoms with Crippen LogP contribution in [-0.2, 0) is 5.41 Å². The molecular weight excluding hydrogens is 270 g/mol. The Morgan fingerprint density at radius 2 is 1.55 bits per heavy atom. The van der Waals surface area contributed by atoms with Crippen molar-refractivity contribution in [2.24, 2.45) is 0 Å². The van der Waals surface area contributed by atoms with Crippen LogP contribution in [0.15, 0.2) is 60.7 Å². The van der Waals surface area contributed by atoms with Gasteiger partial charge in [-0.3, -0.25) is 0 Å². The molecule has 3 aromatic rings. The molecule has 0 aliphatic carbocycles. The van der Waals surface area contributed by atoms with Crippen molar-refractivity contribution in [3.05, 3.63) is 66.4 Å². The standard InChI is InChI=1S/C19H21N3/c1-19(2,3)17-13-18(20)22(21-17)16-11-7-10-15(12-16)14-8-5-4-6-9-14/h4-13H,20H2,1-3H3. The summed E-state index contributed by atoms with van der Waals surface area (Å²) in [5, 5.41) is 4.68. The average Bonchev–Trinajstić information content (AvgIpc) is 2.90. The van der Waals surface area contributed by atoms with Crippen LogP contribution in [0.3, 0.4) is 0 Å². The number of rotatable bonds is 2. The van der Waals surface area contributed by atoms with Crippen LogP contribution in [0.1, 0.15) is 26.5 Å². The molecule has 0 amide bonds. The molecule has 0 fully saturated rings. The molecule has 0 atom stereocenters. The molecule has 22 heavy (non-hydrogen) atoms. The van der Waals surface area contributed by atoms with E-state index in [0.717, 1.165) is 16.9 Å². The third-order valence-electron chi connectivity index (χ3n) is 3.70. The minimum atomic E-state index is -0.0175. The Hall–Kier alpha value is -2.55. The molecule has 0 unspecified atom stereocenters. The van der Waals surface area contributed by atoms with E-state index in [1.807, 2.05) is 41.1 Å². The van der Waals surface area contributed by atoms with Crippen LogP contribution >= 0.6 is 0 Å². The lowest BCUT2D eigenvalue weighted by Crippen LogP contribution is -2.12. The summed E-state index contributed by atoms with van der Waals surface area (Å²) in [6.07, 6.45) is 0. The molecule has 0 radical (unpaired) electrons. The van der Waals surface area contributed by atoms with E-state index >= 15 is 0 Å². The van der Waals surface area contributed by atoms with E-state index in [4.69, 9.17) is 5.73 Å². The van der Waals surface area contributed by atoms with Gasteiger partial charge in [0.15, 0.2) is 0 Å². The van der Waals surface area contributed by atoms with Gasteiger partial charge in [0.2, 0.25) is 0 Å². The maximum absolute atomic E-state index is 6.16. The van der Waals surface area contributed by atoms with Crippen molar-refractivity contribution in [3.63, 3.8) is 0 Å². The number of benzene rings is 2. The van der Waals surface area contributed by atoms with E-state index in [1.165, 1.54) is 5.56 Å². The SMILES string of the molecule is CC(C)(C)c1cc(N)n(-c2cccc(-c3ccccc3)c2)n1. The molecule has 2 aromatic carbocycles. The summed E-state index contributed by atoms with van der Waals surface area (Å²) in [7, 11) is 0. The third kappa shape index (κ3) is 2.75. The topological polar surface area (TPSA) is 43.8 Å². The molecule has 2 N–H and O–H groups in total. The van der Waals surface area contributed by atoms with Gasteiger partial charge in [-0.05, 0) is 23.3 Å². The van der Waals surface area contributed by atoms with Gasteiger partial charge in [-0.25, -0.2) is 4.68 Å². The van der Waals surface area contributed by atoms with Gasteiger partial charge < -0.3 is 5.73 Å². The predicted molar refractivity (Wildman–Crippen MR) is 92.1 cm³/mol. The molecule has 0 spiro atoms. The molecule has 3 rings (SSSR count). The van der Waals surface area contributed by atoms with Crippen LogP contribution in [0.4, 0.5) is 5.82 Å². The summed E-state index contributed by atoms with van der Waals surface area (Å²) >= 11 is 0. The fraction of sp³-hybridized carbons (Fsp3) is 0.211. The molecule has 0 saturated carbocycles. The first-order chi connectivity index (χ1) is 10.4. The van der Waals surface area contributed by atoms with Gasteiger partial charge in [0, 0.05) is 11.5 Å². The maximum atomic E-state index is 6.16. The fourth-order valence-electron chi connectivity index (χ4n) is 2.42. The normalized spacial score (nSPS) is 11.6. The molecule has 112 valence electrons. The summed E-state index contributed by atoms with van der Waals surface area (Å²) in [4.78, 5) is 0. The Balaban J connectivity index is 2.05. The summed E-state index contributed by atoms with van der Waals surface area (Å²) < 4.78 is 1.81. The summed E-state index contributed by atoms with van der Waals surface area (Å²) in [6.45, 7) is 6.42. The Morgan fingerprint density at radius 3 is 2.18 bits per heavy atom. The molecule has 3 heteroatoms. The number of anilines is 1. The zero-order valence-corrected chi connectivity index (χ0v) is 13.2. The Morgan fingerprint density at radius 1 is 0.864 bits per heavy atom. The number of nitrogens with two attached hydrogens (primary N) is 1. The molecule has 0 aliphatic heterocycles. The molecule has 1 heterocycles. The second-order valence-corrected chi connectivity index (χ2v) is 6.53. The van der Waals surface area contributed by atoms with Crippen molar-refractivity contribution >= 4 is 5.82 Å². The van der Waals surface area contributed by atoms with E-state index < -0.39 is 0 Å². The smallest absolute Gasteiger partial charge is 0.127 e. The van der Waals surface area contributed by atoms with Crippen LogP contribution in [0.2, 0.25) is 0 Å². The minimum Gasteiger partial charge on any atom is -0.384 e. The number of aromatic nitrogens is 2. The van der Waals surface area contributed by atoms with E-state index in [2.05, 4.69) is 50.1 Å². The monoisotopic (exact) mass is 291 g/mol. The van der Waals surface area contributed by atoms with Crippen LogP contribution in [0.25, 0.3) is 16.8 Å². The first kappa shape index (κ1) is 14.4. The zero-order valence-electron chi connectivity index (χ0n) is 13.2. The molecule has 0 bridgehead atoms. The highest BCUT2D eigenvalue weighted by Crippen LogP contribution is 2.26. The highest BCUT2D eigenvalue weighted by atomic mass is 15.3. The van der Waals surface area contributed by atoms with Crippen LogP contribution in [-0.4, -0.2) is 9.78 Å². The van der Waals surface area contributed by atoms with Crippen LogP contribution in [0.5, 0.6) is 0 Å². The third-order valence-corrected chi connectivity index (χ3v) is 3.70. The van der Waals surface area contributed by atoms with Gasteiger partial charge in [0.25, 0.3) is 0 Å². The highest BCUT2D eigenvalue weighted by Gasteiger charge is 2.19. The Bertz CT molecular complexity index is 780. The maximum Gasteiger partial charge on any atom is 0.127 e. The minimum absolute atomic E-state index is 0.0175. The van der Waals surface area contributed by atoms with Crippen LogP contribution in [0, 0.1) is 0 Å². The van der Waals surface area contributed by atoms with Gasteiger partial charge >= 0.3 is 0 Å². The molecule has 0 aliphatic rings. The quantitative estimate of drug-likeness (QED) is 0.759. The first-order valence-corrected chi connectivity index (χ1v) is 7.47. The van der Waals surface area contributed by atoms with Crippen molar-refractivity contribution in [1.82, 2.24) is 9.78 Å². The number of hydrogen-bond donors (Lipinski definition) is 1. The second-order valence-electron chi connectivity index (χ2n) is 6.53. The molecule has 3 nitrogen and oxygen atoms in total. The lowest BCUT2D eigenvalue weighted by atomic mass is 9.92. The van der Waals surface area contributed by atoms with Crippen molar-refractivity contribution in [3.8, 4) is 16.8 Å². The first-order valence-electron chi connectivity index (χ1n) is 7.47. The molecule has 1 aromatic heterocycles. The van der Waals surface area contributed by atoms with Gasteiger partial charge in [-0.1, -0.05) is 63.2 Å². The summed E-state index contributed by atoms with van der Waals surface area (Å²) in [6, 6.07) is 20.6. The van der Waals surface area contributed by atoms with E-state index in [9.17, 15) is 0 Å². The Kier molecular flexibility index (Phi) is 3.49. The van der Waals surface area contributed by atoms with Crippen molar-refractivity contribution < 1.29 is 0 Å². The van der Waals surface area contributed by atoms with Crippen molar-refractivity contribution in [2.45, 2.75) is 26.2 Å². The fourth-order valence-corrected chi connectivity index (χ4v) is 2.42. The number of hydrogen-bond acceptors (Lipinski definition) is 2. The highest BCUT2D eigenvalue weighted by molar-refractivity contribution is 5.66. The number of nitrogen functional groups attached to an aromatic ring is 1. The molecular formula is C19H21N3.